The van der Waals surface area contributed by atoms with Crippen molar-refractivity contribution in [3.05, 3.63) is 41.3 Å². The second kappa shape index (κ2) is 5.46. The minimum absolute atomic E-state index is 0.549. The maximum absolute atomic E-state index is 9.70. The zero-order valence-electron chi connectivity index (χ0n) is 10.6. The highest BCUT2D eigenvalue weighted by Gasteiger charge is 2.11. The summed E-state index contributed by atoms with van der Waals surface area (Å²) in [5.74, 6) is 0. The molecule has 94 valence electrons. The van der Waals surface area contributed by atoms with Crippen molar-refractivity contribution >= 4 is 11.8 Å². The summed E-state index contributed by atoms with van der Waals surface area (Å²) in [6, 6.07) is 5.61. The van der Waals surface area contributed by atoms with Crippen LogP contribution in [0.2, 0.25) is 0 Å². The van der Waals surface area contributed by atoms with Gasteiger partial charge in [0.05, 0.1) is 6.10 Å². The number of hydrogen-bond donors (Lipinski definition) is 1. The normalized spacial score (nSPS) is 12.4. The van der Waals surface area contributed by atoms with Crippen molar-refractivity contribution in [3.63, 3.8) is 0 Å². The van der Waals surface area contributed by atoms with Crippen LogP contribution in [-0.4, -0.2) is 20.1 Å². The Hall–Kier alpha value is -1.46. The van der Waals surface area contributed by atoms with Gasteiger partial charge in [-0.2, -0.15) is 0 Å². The Morgan fingerprint density at radius 1 is 1.22 bits per heavy atom. The summed E-state index contributed by atoms with van der Waals surface area (Å²) in [6.07, 6.45) is 1.16. The molecule has 2 aromatic heterocycles. The lowest BCUT2D eigenvalue weighted by Gasteiger charge is -2.09. The van der Waals surface area contributed by atoms with Crippen molar-refractivity contribution < 1.29 is 5.11 Å². The average molecular weight is 261 g/mol. The Kier molecular flexibility index (Phi) is 3.93. The van der Waals surface area contributed by atoms with Gasteiger partial charge in [0.1, 0.15) is 5.03 Å². The fraction of sp³-hybridized carbons (Fsp3) is 0.308. The first-order valence-corrected chi connectivity index (χ1v) is 6.51. The molecule has 1 N–H and O–H groups in total. The van der Waals surface area contributed by atoms with Crippen LogP contribution in [0.15, 0.2) is 34.6 Å². The highest BCUT2D eigenvalue weighted by Crippen LogP contribution is 2.29. The van der Waals surface area contributed by atoms with E-state index in [0.29, 0.717) is 5.16 Å². The van der Waals surface area contributed by atoms with E-state index in [1.807, 2.05) is 32.0 Å². The van der Waals surface area contributed by atoms with E-state index in [2.05, 4.69) is 15.0 Å². The fourth-order valence-corrected chi connectivity index (χ4v) is 2.65. The minimum atomic E-state index is -0.549. The standard InChI is InChI=1S/C13H15N3OS/c1-8-7-9(2)16-13(15-8)18-12-11(10(3)17)5-4-6-14-12/h4-7,10,17H,1-3H3/t10-/m1/s1. The predicted octanol–water partition coefficient (Wildman–Crippen LogP) is 2.69. The maximum Gasteiger partial charge on any atom is 0.194 e. The Bertz CT molecular complexity index is 537. The second-order valence-electron chi connectivity index (χ2n) is 4.11. The van der Waals surface area contributed by atoms with Gasteiger partial charge in [0.25, 0.3) is 0 Å². The third kappa shape index (κ3) is 3.05. The van der Waals surface area contributed by atoms with Gasteiger partial charge in [-0.3, -0.25) is 0 Å². The van der Waals surface area contributed by atoms with Crippen molar-refractivity contribution in [2.45, 2.75) is 37.1 Å². The molecule has 0 fully saturated rings. The molecule has 2 heterocycles. The van der Waals surface area contributed by atoms with E-state index in [1.165, 1.54) is 11.8 Å². The lowest BCUT2D eigenvalue weighted by atomic mass is 10.2. The first-order valence-electron chi connectivity index (χ1n) is 5.69. The van der Waals surface area contributed by atoms with Crippen LogP contribution in [0.1, 0.15) is 30.0 Å². The summed E-state index contributed by atoms with van der Waals surface area (Å²) in [7, 11) is 0. The van der Waals surface area contributed by atoms with Crippen LogP contribution in [-0.2, 0) is 0 Å². The molecule has 4 nitrogen and oxygen atoms in total. The summed E-state index contributed by atoms with van der Waals surface area (Å²) in [4.78, 5) is 13.0. The number of rotatable bonds is 3. The van der Waals surface area contributed by atoms with Crippen LogP contribution in [0.3, 0.4) is 0 Å². The fourth-order valence-electron chi connectivity index (χ4n) is 1.63. The highest BCUT2D eigenvalue weighted by molar-refractivity contribution is 7.99. The molecular formula is C13H15N3OS. The van der Waals surface area contributed by atoms with E-state index < -0.39 is 6.10 Å². The summed E-state index contributed by atoms with van der Waals surface area (Å²) in [5.41, 5.74) is 2.66. The number of aromatic nitrogens is 3. The van der Waals surface area contributed by atoms with Crippen LogP contribution in [0.4, 0.5) is 0 Å². The first kappa shape index (κ1) is 13.0. The molecule has 0 saturated carbocycles. The van der Waals surface area contributed by atoms with Crippen LogP contribution < -0.4 is 0 Å². The number of nitrogens with zero attached hydrogens (tertiary/aromatic N) is 3. The van der Waals surface area contributed by atoms with Crippen molar-refractivity contribution in [3.8, 4) is 0 Å². The van der Waals surface area contributed by atoms with Crippen molar-refractivity contribution in [1.29, 1.82) is 0 Å². The summed E-state index contributed by atoms with van der Waals surface area (Å²) in [6.45, 7) is 5.60. The average Bonchev–Trinajstić information content (AvgIpc) is 2.27. The molecule has 0 aliphatic carbocycles. The molecule has 2 aromatic rings. The Labute approximate surface area is 111 Å². The van der Waals surface area contributed by atoms with E-state index in [1.54, 1.807) is 13.1 Å². The zero-order valence-corrected chi connectivity index (χ0v) is 11.4. The molecule has 0 aliphatic rings. The molecule has 0 saturated heterocycles. The van der Waals surface area contributed by atoms with Crippen LogP contribution in [0, 0.1) is 13.8 Å². The van der Waals surface area contributed by atoms with Crippen LogP contribution >= 0.6 is 11.8 Å². The largest absolute Gasteiger partial charge is 0.389 e. The molecule has 0 spiro atoms. The van der Waals surface area contributed by atoms with E-state index >= 15 is 0 Å². The Balaban J connectivity index is 2.34. The smallest absolute Gasteiger partial charge is 0.194 e. The molecule has 0 aliphatic heterocycles. The number of hydrogen-bond acceptors (Lipinski definition) is 5. The monoisotopic (exact) mass is 261 g/mol. The third-order valence-corrected chi connectivity index (χ3v) is 3.30. The molecular weight excluding hydrogens is 246 g/mol. The van der Waals surface area contributed by atoms with E-state index in [0.717, 1.165) is 22.0 Å². The predicted molar refractivity (Wildman–Crippen MR) is 70.5 cm³/mol. The lowest BCUT2D eigenvalue weighted by molar-refractivity contribution is 0.195. The van der Waals surface area contributed by atoms with Crippen LogP contribution in [0.25, 0.3) is 0 Å². The zero-order chi connectivity index (χ0) is 13.1. The molecule has 0 aromatic carbocycles. The molecule has 2 rings (SSSR count). The quantitative estimate of drug-likeness (QED) is 0.861. The van der Waals surface area contributed by atoms with Gasteiger partial charge in [-0.1, -0.05) is 6.07 Å². The maximum atomic E-state index is 9.70. The van der Waals surface area contributed by atoms with E-state index in [-0.39, 0.29) is 0 Å². The van der Waals surface area contributed by atoms with Crippen molar-refractivity contribution in [2.24, 2.45) is 0 Å². The Morgan fingerprint density at radius 2 is 1.89 bits per heavy atom. The van der Waals surface area contributed by atoms with Crippen LogP contribution in [0.5, 0.6) is 0 Å². The summed E-state index contributed by atoms with van der Waals surface area (Å²) in [5, 5.41) is 11.1. The SMILES string of the molecule is Cc1cc(C)nc(Sc2ncccc2[C@@H](C)O)n1. The number of aliphatic hydroxyl groups is 1. The topological polar surface area (TPSA) is 58.9 Å². The first-order chi connectivity index (χ1) is 8.56. The van der Waals surface area contributed by atoms with Gasteiger partial charge >= 0.3 is 0 Å². The number of pyridine rings is 1. The third-order valence-electron chi connectivity index (χ3n) is 2.40. The molecule has 18 heavy (non-hydrogen) atoms. The van der Waals surface area contributed by atoms with Gasteiger partial charge < -0.3 is 5.11 Å². The highest BCUT2D eigenvalue weighted by atomic mass is 32.2. The molecule has 0 bridgehead atoms. The van der Waals surface area contributed by atoms with E-state index in [9.17, 15) is 5.11 Å². The van der Waals surface area contributed by atoms with E-state index in [4.69, 9.17) is 0 Å². The van der Waals surface area contributed by atoms with Gasteiger partial charge in [-0.25, -0.2) is 15.0 Å². The van der Waals surface area contributed by atoms with Gasteiger partial charge in [0.2, 0.25) is 0 Å². The van der Waals surface area contributed by atoms with Crippen molar-refractivity contribution in [1.82, 2.24) is 15.0 Å². The molecule has 0 radical (unpaired) electrons. The molecule has 5 heteroatoms. The lowest BCUT2D eigenvalue weighted by Crippen LogP contribution is -1.98. The molecule has 0 amide bonds. The number of aryl methyl sites for hydroxylation is 2. The van der Waals surface area contributed by atoms with Gasteiger partial charge in [-0.15, -0.1) is 0 Å². The van der Waals surface area contributed by atoms with Gasteiger partial charge in [0, 0.05) is 23.1 Å². The minimum Gasteiger partial charge on any atom is -0.389 e. The van der Waals surface area contributed by atoms with Gasteiger partial charge in [-0.05, 0) is 44.7 Å². The molecule has 1 atom stereocenters. The number of aliphatic hydroxyl groups excluding tert-OH is 1. The summed E-state index contributed by atoms with van der Waals surface area (Å²) >= 11 is 1.38. The van der Waals surface area contributed by atoms with Crippen molar-refractivity contribution in [2.75, 3.05) is 0 Å². The van der Waals surface area contributed by atoms with Gasteiger partial charge in [0.15, 0.2) is 5.16 Å². The second-order valence-corrected chi connectivity index (χ2v) is 5.07. The Morgan fingerprint density at radius 3 is 2.50 bits per heavy atom. The molecule has 0 unspecified atom stereocenters. The summed E-state index contributed by atoms with van der Waals surface area (Å²) < 4.78 is 0.